The Kier molecular flexibility index (Phi) is 7.35. The largest absolute Gasteiger partial charge is 0.322 e. The summed E-state index contributed by atoms with van der Waals surface area (Å²) >= 11 is 2.88. The summed E-state index contributed by atoms with van der Waals surface area (Å²) in [6.07, 6.45) is 0. The van der Waals surface area contributed by atoms with E-state index in [2.05, 4.69) is 34.7 Å². The number of anilines is 2. The predicted octanol–water partition coefficient (Wildman–Crippen LogP) is 7.56. The van der Waals surface area contributed by atoms with E-state index >= 15 is 0 Å². The number of thioether (sulfide) groups is 1. The molecule has 0 bridgehead atoms. The third-order valence-corrected chi connectivity index (χ3v) is 7.72. The minimum atomic E-state index is -0.172. The third-order valence-electron chi connectivity index (χ3n) is 5.84. The molecule has 0 unspecified atom stereocenters. The molecule has 0 aliphatic carbocycles. The van der Waals surface area contributed by atoms with Crippen LogP contribution < -0.4 is 10.6 Å². The van der Waals surface area contributed by atoms with Crippen molar-refractivity contribution in [2.24, 2.45) is 0 Å². The highest BCUT2D eigenvalue weighted by Crippen LogP contribution is 2.31. The van der Waals surface area contributed by atoms with Gasteiger partial charge in [0.2, 0.25) is 5.91 Å². The maximum Gasteiger partial charge on any atom is 0.255 e. The molecule has 2 N–H and O–H groups in total. The van der Waals surface area contributed by atoms with Gasteiger partial charge < -0.3 is 10.6 Å². The number of carbonyl (C=O) groups excluding carboxylic acids is 2. The van der Waals surface area contributed by atoms with E-state index in [9.17, 15) is 9.59 Å². The van der Waals surface area contributed by atoms with Crippen molar-refractivity contribution < 1.29 is 9.59 Å². The van der Waals surface area contributed by atoms with Crippen LogP contribution in [0.5, 0.6) is 0 Å². The molecular weight excluding hydrogens is 498 g/mol. The zero-order chi connectivity index (χ0) is 25.8. The van der Waals surface area contributed by atoms with Gasteiger partial charge in [-0.3, -0.25) is 9.59 Å². The number of carbonyl (C=O) groups is 2. The maximum atomic E-state index is 12.8. The van der Waals surface area contributed by atoms with Gasteiger partial charge in [-0.05, 0) is 55.0 Å². The first-order valence-corrected chi connectivity index (χ1v) is 13.6. The molecule has 0 aliphatic rings. The Morgan fingerprint density at radius 2 is 1.62 bits per heavy atom. The Labute approximate surface area is 224 Å². The number of thiazole rings is 1. The number of aryl methyl sites for hydroxylation is 2. The molecule has 184 valence electrons. The predicted molar refractivity (Wildman–Crippen MR) is 155 cm³/mol. The molecule has 5 aromatic rings. The molecule has 0 aliphatic heterocycles. The van der Waals surface area contributed by atoms with Crippen LogP contribution in [0.25, 0.3) is 22.0 Å². The average Bonchev–Trinajstić information content (AvgIpc) is 3.27. The second kappa shape index (κ2) is 11.0. The van der Waals surface area contributed by atoms with E-state index in [0.29, 0.717) is 16.4 Å². The molecule has 1 heterocycles. The topological polar surface area (TPSA) is 71.1 Å². The van der Waals surface area contributed by atoms with Gasteiger partial charge in [-0.1, -0.05) is 66.2 Å². The van der Waals surface area contributed by atoms with Crippen LogP contribution in [-0.4, -0.2) is 22.6 Å². The van der Waals surface area contributed by atoms with Crippen molar-refractivity contribution in [2.45, 2.75) is 18.7 Å². The van der Waals surface area contributed by atoms with E-state index in [1.54, 1.807) is 0 Å². The van der Waals surface area contributed by atoms with E-state index in [1.807, 2.05) is 85.8 Å². The van der Waals surface area contributed by atoms with Crippen molar-refractivity contribution in [3.63, 3.8) is 0 Å². The molecule has 0 saturated heterocycles. The maximum absolute atomic E-state index is 12.8. The number of amides is 2. The molecule has 37 heavy (non-hydrogen) atoms. The second-order valence-corrected chi connectivity index (χ2v) is 10.9. The first kappa shape index (κ1) is 24.7. The molecule has 0 spiro atoms. The summed E-state index contributed by atoms with van der Waals surface area (Å²) in [4.78, 5) is 32.0. The minimum absolute atomic E-state index is 0.125. The van der Waals surface area contributed by atoms with Crippen molar-refractivity contribution in [3.8, 4) is 11.3 Å². The fourth-order valence-electron chi connectivity index (χ4n) is 3.93. The van der Waals surface area contributed by atoms with Gasteiger partial charge in [-0.25, -0.2) is 4.98 Å². The van der Waals surface area contributed by atoms with E-state index in [4.69, 9.17) is 0 Å². The number of benzene rings is 4. The van der Waals surface area contributed by atoms with Crippen molar-refractivity contribution in [1.29, 1.82) is 0 Å². The lowest BCUT2D eigenvalue weighted by Crippen LogP contribution is -2.14. The molecule has 0 atom stereocenters. The van der Waals surface area contributed by atoms with Gasteiger partial charge in [0.15, 0.2) is 5.13 Å². The van der Waals surface area contributed by atoms with E-state index in [-0.39, 0.29) is 17.6 Å². The summed E-state index contributed by atoms with van der Waals surface area (Å²) in [5, 5.41) is 8.58. The van der Waals surface area contributed by atoms with E-state index < -0.39 is 0 Å². The number of hydrogen-bond donors (Lipinski definition) is 2. The number of nitrogens with one attached hydrogen (secondary N) is 2. The average molecular weight is 524 g/mol. The summed E-state index contributed by atoms with van der Waals surface area (Å²) in [5.41, 5.74) is 4.40. The summed E-state index contributed by atoms with van der Waals surface area (Å²) in [7, 11) is 0. The monoisotopic (exact) mass is 523 g/mol. The van der Waals surface area contributed by atoms with Crippen LogP contribution >= 0.6 is 23.1 Å². The molecule has 4 aromatic carbocycles. The van der Waals surface area contributed by atoms with Crippen LogP contribution in [0.2, 0.25) is 0 Å². The van der Waals surface area contributed by atoms with Gasteiger partial charge >= 0.3 is 0 Å². The molecule has 0 saturated carbocycles. The van der Waals surface area contributed by atoms with Gasteiger partial charge in [0.05, 0.1) is 11.4 Å². The number of fused-ring (bicyclic) bond motifs is 1. The first-order chi connectivity index (χ1) is 17.9. The lowest BCUT2D eigenvalue weighted by molar-refractivity contribution is -0.113. The molecule has 2 amide bonds. The lowest BCUT2D eigenvalue weighted by atomic mass is 10.1. The van der Waals surface area contributed by atoms with Crippen LogP contribution in [0, 0.1) is 13.8 Å². The number of hydrogen-bond acceptors (Lipinski definition) is 5. The summed E-state index contributed by atoms with van der Waals surface area (Å²) in [5.74, 6) is -0.0606. The molecule has 5 rings (SSSR count). The number of rotatable bonds is 7. The van der Waals surface area contributed by atoms with Crippen molar-refractivity contribution >= 4 is 56.5 Å². The quantitative estimate of drug-likeness (QED) is 0.216. The SMILES string of the molecule is Cc1ccc(-c2nc(NC(=O)CSc3cccc(NC(=O)c4ccc5ccccc5c4)c3)sc2C)cc1. The van der Waals surface area contributed by atoms with Crippen LogP contribution in [0.4, 0.5) is 10.8 Å². The molecule has 7 heteroatoms. The standard InChI is InChI=1S/C30H25N3O2S2/c1-19-10-12-22(13-11-19)28-20(2)37-30(33-28)32-27(34)18-36-26-9-5-8-25(17-26)31-29(35)24-15-14-21-6-3-4-7-23(21)16-24/h3-17H,18H2,1-2H3,(H,31,35)(H,32,33,34). The lowest BCUT2D eigenvalue weighted by Gasteiger charge is -2.08. The first-order valence-electron chi connectivity index (χ1n) is 11.8. The molecule has 5 nitrogen and oxygen atoms in total. The number of nitrogens with zero attached hydrogens (tertiary/aromatic N) is 1. The highest BCUT2D eigenvalue weighted by Gasteiger charge is 2.13. The Bertz CT molecular complexity index is 1590. The van der Waals surface area contributed by atoms with Crippen LogP contribution in [0.3, 0.4) is 0 Å². The normalized spacial score (nSPS) is 10.9. The van der Waals surface area contributed by atoms with Gasteiger partial charge in [-0.15, -0.1) is 23.1 Å². The smallest absolute Gasteiger partial charge is 0.255 e. The fraction of sp³-hybridized carbons (Fsp3) is 0.100. The molecule has 1 aromatic heterocycles. The Morgan fingerprint density at radius 1 is 0.838 bits per heavy atom. The van der Waals surface area contributed by atoms with E-state index in [0.717, 1.165) is 31.8 Å². The van der Waals surface area contributed by atoms with Gasteiger partial charge in [0, 0.05) is 26.6 Å². The van der Waals surface area contributed by atoms with Crippen LogP contribution in [-0.2, 0) is 4.79 Å². The second-order valence-electron chi connectivity index (χ2n) is 8.67. The van der Waals surface area contributed by atoms with Crippen molar-refractivity contribution in [2.75, 3.05) is 16.4 Å². The molecular formula is C30H25N3O2S2. The van der Waals surface area contributed by atoms with Crippen LogP contribution in [0.1, 0.15) is 20.8 Å². The molecule has 0 fully saturated rings. The fourth-order valence-corrected chi connectivity index (χ4v) is 5.54. The third kappa shape index (κ3) is 6.07. The van der Waals surface area contributed by atoms with Gasteiger partial charge in [0.25, 0.3) is 5.91 Å². The van der Waals surface area contributed by atoms with Crippen molar-refractivity contribution in [3.05, 3.63) is 107 Å². The number of aromatic nitrogens is 1. The zero-order valence-corrected chi connectivity index (χ0v) is 22.1. The highest BCUT2D eigenvalue weighted by atomic mass is 32.2. The zero-order valence-electron chi connectivity index (χ0n) is 20.4. The van der Waals surface area contributed by atoms with Crippen molar-refractivity contribution in [1.82, 2.24) is 4.98 Å². The highest BCUT2D eigenvalue weighted by molar-refractivity contribution is 8.00. The van der Waals surface area contributed by atoms with Crippen LogP contribution in [0.15, 0.2) is 95.9 Å². The Balaban J connectivity index is 1.18. The van der Waals surface area contributed by atoms with E-state index in [1.165, 1.54) is 28.7 Å². The minimum Gasteiger partial charge on any atom is -0.322 e. The van der Waals surface area contributed by atoms with Gasteiger partial charge in [-0.2, -0.15) is 0 Å². The Morgan fingerprint density at radius 3 is 2.43 bits per heavy atom. The van der Waals surface area contributed by atoms with Gasteiger partial charge in [0.1, 0.15) is 0 Å². The summed E-state index contributed by atoms with van der Waals surface area (Å²) < 4.78 is 0. The summed E-state index contributed by atoms with van der Waals surface area (Å²) in [6, 6.07) is 29.3. The Hall–Kier alpha value is -3.94. The molecule has 0 radical (unpaired) electrons. The summed E-state index contributed by atoms with van der Waals surface area (Å²) in [6.45, 7) is 4.06.